The standard InChI is InChI=1S/C9H11BrO.C8H7BrO2/c1-9(2,11)7-3-5-8(10)6-4-7;1-11-8(10)6-2-4-7(9)5-3-6/h3-6,11H,1-2H3;2-5H,1H3. The van der Waals surface area contributed by atoms with E-state index < -0.39 is 5.60 Å². The molecular formula is C17H18Br2O3. The quantitative estimate of drug-likeness (QED) is 0.689. The predicted molar refractivity (Wildman–Crippen MR) is 94.9 cm³/mol. The summed E-state index contributed by atoms with van der Waals surface area (Å²) in [6, 6.07) is 14.7. The first-order chi connectivity index (χ1) is 10.2. The Balaban J connectivity index is 0.000000220. The Hall–Kier alpha value is -1.17. The molecule has 0 heterocycles. The number of hydrogen-bond acceptors (Lipinski definition) is 3. The van der Waals surface area contributed by atoms with Crippen molar-refractivity contribution >= 4 is 37.8 Å². The number of methoxy groups -OCH3 is 1. The number of aliphatic hydroxyl groups is 1. The molecule has 3 nitrogen and oxygen atoms in total. The van der Waals surface area contributed by atoms with Gasteiger partial charge in [-0.1, -0.05) is 44.0 Å². The minimum atomic E-state index is -0.735. The van der Waals surface area contributed by atoms with Crippen LogP contribution in [-0.4, -0.2) is 18.2 Å². The van der Waals surface area contributed by atoms with Gasteiger partial charge in [-0.15, -0.1) is 0 Å². The second kappa shape index (κ2) is 8.46. The Labute approximate surface area is 147 Å². The van der Waals surface area contributed by atoms with E-state index in [1.807, 2.05) is 24.3 Å². The summed E-state index contributed by atoms with van der Waals surface area (Å²) in [7, 11) is 1.37. The van der Waals surface area contributed by atoms with Crippen molar-refractivity contribution < 1.29 is 14.6 Å². The molecule has 22 heavy (non-hydrogen) atoms. The normalized spacial score (nSPS) is 10.5. The maximum Gasteiger partial charge on any atom is 0.337 e. The van der Waals surface area contributed by atoms with Crippen LogP contribution in [0.3, 0.4) is 0 Å². The highest BCUT2D eigenvalue weighted by Crippen LogP contribution is 2.21. The molecule has 0 amide bonds. The number of ether oxygens (including phenoxy) is 1. The van der Waals surface area contributed by atoms with Crippen LogP contribution < -0.4 is 0 Å². The molecule has 0 radical (unpaired) electrons. The van der Waals surface area contributed by atoms with Crippen LogP contribution in [0.4, 0.5) is 0 Å². The summed E-state index contributed by atoms with van der Waals surface area (Å²) in [5, 5.41) is 9.56. The van der Waals surface area contributed by atoms with Crippen molar-refractivity contribution in [3.63, 3.8) is 0 Å². The smallest absolute Gasteiger partial charge is 0.337 e. The van der Waals surface area contributed by atoms with Crippen LogP contribution in [0.15, 0.2) is 57.5 Å². The van der Waals surface area contributed by atoms with Crippen molar-refractivity contribution in [2.45, 2.75) is 19.4 Å². The van der Waals surface area contributed by atoms with E-state index in [0.717, 1.165) is 14.5 Å². The molecule has 0 fully saturated rings. The van der Waals surface area contributed by atoms with Gasteiger partial charge in [-0.25, -0.2) is 4.79 Å². The van der Waals surface area contributed by atoms with Gasteiger partial charge in [-0.05, 0) is 55.8 Å². The summed E-state index contributed by atoms with van der Waals surface area (Å²) < 4.78 is 6.50. The van der Waals surface area contributed by atoms with E-state index in [0.29, 0.717) is 5.56 Å². The largest absolute Gasteiger partial charge is 0.465 e. The third-order valence-electron chi connectivity index (χ3n) is 2.82. The molecule has 2 rings (SSSR count). The molecule has 118 valence electrons. The molecule has 0 saturated carbocycles. The molecule has 0 unspecified atom stereocenters. The fourth-order valence-electron chi connectivity index (χ4n) is 1.56. The topological polar surface area (TPSA) is 46.5 Å². The molecule has 0 saturated heterocycles. The van der Waals surface area contributed by atoms with Gasteiger partial charge in [0.25, 0.3) is 0 Å². The molecule has 1 N–H and O–H groups in total. The maximum absolute atomic E-state index is 10.9. The van der Waals surface area contributed by atoms with Crippen molar-refractivity contribution in [1.29, 1.82) is 0 Å². The number of hydrogen-bond donors (Lipinski definition) is 1. The Bertz CT molecular complexity index is 599. The average Bonchev–Trinajstić information content (AvgIpc) is 2.47. The summed E-state index contributed by atoms with van der Waals surface area (Å²) >= 11 is 6.59. The maximum atomic E-state index is 10.9. The van der Waals surface area contributed by atoms with Crippen LogP contribution in [0.2, 0.25) is 0 Å². The Morgan fingerprint density at radius 1 is 0.955 bits per heavy atom. The number of esters is 1. The summed E-state index contributed by atoms with van der Waals surface area (Å²) in [6.07, 6.45) is 0. The number of carbonyl (C=O) groups excluding carboxylic acids is 1. The molecule has 0 bridgehead atoms. The van der Waals surface area contributed by atoms with Gasteiger partial charge in [0, 0.05) is 8.95 Å². The van der Waals surface area contributed by atoms with Crippen LogP contribution in [0.5, 0.6) is 0 Å². The van der Waals surface area contributed by atoms with E-state index in [1.54, 1.807) is 38.1 Å². The Morgan fingerprint density at radius 2 is 1.36 bits per heavy atom. The predicted octanol–water partition coefficient (Wildman–Crippen LogP) is 4.91. The minimum Gasteiger partial charge on any atom is -0.465 e. The summed E-state index contributed by atoms with van der Waals surface area (Å²) in [5.74, 6) is -0.308. The van der Waals surface area contributed by atoms with Crippen LogP contribution in [0.25, 0.3) is 0 Å². The van der Waals surface area contributed by atoms with Crippen molar-refractivity contribution in [2.75, 3.05) is 7.11 Å². The number of benzene rings is 2. The summed E-state index contributed by atoms with van der Waals surface area (Å²) in [5.41, 5.74) is 0.761. The first-order valence-electron chi connectivity index (χ1n) is 6.56. The van der Waals surface area contributed by atoms with E-state index in [1.165, 1.54) is 7.11 Å². The van der Waals surface area contributed by atoms with Gasteiger partial charge >= 0.3 is 5.97 Å². The van der Waals surface area contributed by atoms with Crippen molar-refractivity contribution in [1.82, 2.24) is 0 Å². The monoisotopic (exact) mass is 428 g/mol. The van der Waals surface area contributed by atoms with Gasteiger partial charge in [0.1, 0.15) is 0 Å². The average molecular weight is 430 g/mol. The Morgan fingerprint density at radius 3 is 1.73 bits per heavy atom. The first-order valence-corrected chi connectivity index (χ1v) is 8.15. The summed E-state index contributed by atoms with van der Waals surface area (Å²) in [6.45, 7) is 3.55. The number of halogens is 2. The summed E-state index contributed by atoms with van der Waals surface area (Å²) in [4.78, 5) is 10.9. The minimum absolute atomic E-state index is 0.308. The van der Waals surface area contributed by atoms with E-state index in [-0.39, 0.29) is 5.97 Å². The fourth-order valence-corrected chi connectivity index (χ4v) is 2.09. The highest BCUT2D eigenvalue weighted by molar-refractivity contribution is 9.10. The molecule has 0 aliphatic heterocycles. The zero-order valence-electron chi connectivity index (χ0n) is 12.6. The number of carbonyl (C=O) groups is 1. The molecule has 2 aromatic carbocycles. The fraction of sp³-hybridized carbons (Fsp3) is 0.235. The Kier molecular flexibility index (Phi) is 7.26. The van der Waals surface area contributed by atoms with Gasteiger partial charge in [0.15, 0.2) is 0 Å². The first kappa shape index (κ1) is 18.9. The lowest BCUT2D eigenvalue weighted by atomic mass is 9.99. The SMILES string of the molecule is CC(C)(O)c1ccc(Br)cc1.COC(=O)c1ccc(Br)cc1. The third-order valence-corrected chi connectivity index (χ3v) is 3.87. The molecule has 0 aliphatic carbocycles. The van der Waals surface area contributed by atoms with Gasteiger partial charge in [0.2, 0.25) is 0 Å². The van der Waals surface area contributed by atoms with E-state index in [9.17, 15) is 9.90 Å². The lowest BCUT2D eigenvalue weighted by Crippen LogP contribution is -2.14. The molecule has 0 aromatic heterocycles. The highest BCUT2D eigenvalue weighted by Gasteiger charge is 2.14. The van der Waals surface area contributed by atoms with E-state index in [2.05, 4.69) is 36.6 Å². The molecule has 5 heteroatoms. The molecule has 0 aliphatic rings. The van der Waals surface area contributed by atoms with Crippen LogP contribution in [-0.2, 0) is 10.3 Å². The van der Waals surface area contributed by atoms with Gasteiger partial charge < -0.3 is 9.84 Å². The van der Waals surface area contributed by atoms with Crippen molar-refractivity contribution in [3.05, 3.63) is 68.6 Å². The molecule has 0 spiro atoms. The van der Waals surface area contributed by atoms with Crippen molar-refractivity contribution in [2.24, 2.45) is 0 Å². The molecule has 2 aromatic rings. The van der Waals surface area contributed by atoms with Crippen LogP contribution in [0, 0.1) is 0 Å². The van der Waals surface area contributed by atoms with Gasteiger partial charge in [-0.3, -0.25) is 0 Å². The van der Waals surface area contributed by atoms with Crippen molar-refractivity contribution in [3.8, 4) is 0 Å². The second-order valence-electron chi connectivity index (χ2n) is 5.06. The van der Waals surface area contributed by atoms with E-state index in [4.69, 9.17) is 0 Å². The third kappa shape index (κ3) is 6.30. The number of rotatable bonds is 2. The van der Waals surface area contributed by atoms with E-state index >= 15 is 0 Å². The van der Waals surface area contributed by atoms with Crippen LogP contribution >= 0.6 is 31.9 Å². The highest BCUT2D eigenvalue weighted by atomic mass is 79.9. The van der Waals surface area contributed by atoms with Crippen LogP contribution in [0.1, 0.15) is 29.8 Å². The lowest BCUT2D eigenvalue weighted by Gasteiger charge is -2.17. The molecule has 0 atom stereocenters. The lowest BCUT2D eigenvalue weighted by molar-refractivity contribution is 0.0600. The zero-order valence-corrected chi connectivity index (χ0v) is 15.8. The zero-order chi connectivity index (χ0) is 16.8. The molecular weight excluding hydrogens is 412 g/mol. The van der Waals surface area contributed by atoms with Gasteiger partial charge in [-0.2, -0.15) is 0 Å². The second-order valence-corrected chi connectivity index (χ2v) is 6.90. The van der Waals surface area contributed by atoms with Gasteiger partial charge in [0.05, 0.1) is 18.3 Å².